The number of hydrogen-bond donors (Lipinski definition) is 1. The molecule has 3 aromatic heterocycles. The van der Waals surface area contributed by atoms with Crippen LogP contribution in [0.4, 0.5) is 4.39 Å². The first kappa shape index (κ1) is 20.6. The summed E-state index contributed by atoms with van der Waals surface area (Å²) in [7, 11) is 0. The lowest BCUT2D eigenvalue weighted by Crippen LogP contribution is -2.30. The second-order valence-corrected chi connectivity index (χ2v) is 7.62. The average Bonchev–Trinajstić information content (AvgIpc) is 3.42. The van der Waals surface area contributed by atoms with Crippen LogP contribution in [0.1, 0.15) is 5.56 Å². The van der Waals surface area contributed by atoms with Crippen LogP contribution in [0.2, 0.25) is 0 Å². The fourth-order valence-corrected chi connectivity index (χ4v) is 3.71. The van der Waals surface area contributed by atoms with Gasteiger partial charge in [-0.05, 0) is 29.8 Å². The largest absolute Gasteiger partial charge is 0.353 e. The Labute approximate surface area is 187 Å². The number of aromatic nitrogens is 6. The van der Waals surface area contributed by atoms with E-state index >= 15 is 0 Å². The fourth-order valence-electron chi connectivity index (χ4n) is 3.71. The van der Waals surface area contributed by atoms with Crippen LogP contribution in [0.3, 0.4) is 0 Å². The number of nitrogens with one attached hydrogen (secondary N) is 1. The summed E-state index contributed by atoms with van der Waals surface area (Å²) in [5.74, 6) is -0.476. The molecule has 0 fully saturated rings. The lowest BCUT2D eigenvalue weighted by molar-refractivity contribution is -0.121. The zero-order chi connectivity index (χ0) is 22.8. The van der Waals surface area contributed by atoms with E-state index in [4.69, 9.17) is 0 Å². The van der Waals surface area contributed by atoms with Crippen LogP contribution in [0.25, 0.3) is 22.1 Å². The third kappa shape index (κ3) is 4.22. The van der Waals surface area contributed by atoms with Crippen molar-refractivity contribution in [2.24, 2.45) is 0 Å². The van der Waals surface area contributed by atoms with Gasteiger partial charge in [-0.3, -0.25) is 14.2 Å². The van der Waals surface area contributed by atoms with Crippen LogP contribution in [-0.2, 0) is 24.4 Å². The minimum Gasteiger partial charge on any atom is -0.353 e. The van der Waals surface area contributed by atoms with Gasteiger partial charge in [-0.15, -0.1) is 0 Å². The maximum atomic E-state index is 13.1. The fraction of sp³-hybridized carbons (Fsp3) is 0.174. The highest BCUT2D eigenvalue weighted by Gasteiger charge is 2.11. The van der Waals surface area contributed by atoms with E-state index in [0.29, 0.717) is 24.1 Å². The van der Waals surface area contributed by atoms with Gasteiger partial charge < -0.3 is 9.88 Å². The number of nitrogens with zero attached hydrogens (tertiary/aromatic N) is 6. The highest BCUT2D eigenvalue weighted by atomic mass is 19.1. The highest BCUT2D eigenvalue weighted by Crippen LogP contribution is 2.11. The van der Waals surface area contributed by atoms with E-state index in [-0.39, 0.29) is 30.4 Å². The first-order chi connectivity index (χ1) is 16.1. The van der Waals surface area contributed by atoms with Gasteiger partial charge in [0.15, 0.2) is 5.65 Å². The van der Waals surface area contributed by atoms with E-state index in [1.807, 2.05) is 24.3 Å². The second-order valence-electron chi connectivity index (χ2n) is 7.62. The van der Waals surface area contributed by atoms with Gasteiger partial charge in [-0.25, -0.2) is 19.0 Å². The zero-order valence-electron chi connectivity index (χ0n) is 17.6. The van der Waals surface area contributed by atoms with Gasteiger partial charge >= 0.3 is 0 Å². The number of carbonyl (C=O) groups excluding carboxylic acids is 1. The predicted octanol–water partition coefficient (Wildman–Crippen LogP) is 1.95. The Morgan fingerprint density at radius 3 is 2.64 bits per heavy atom. The summed E-state index contributed by atoms with van der Waals surface area (Å²) in [6.07, 6.45) is 4.58. The molecule has 0 atom stereocenters. The number of benzene rings is 2. The molecule has 3 heterocycles. The van der Waals surface area contributed by atoms with E-state index < -0.39 is 0 Å². The molecule has 0 bridgehead atoms. The van der Waals surface area contributed by atoms with Crippen LogP contribution < -0.4 is 10.9 Å². The number of imidazole rings is 1. The van der Waals surface area contributed by atoms with Crippen molar-refractivity contribution in [3.8, 4) is 0 Å². The molecule has 1 amide bonds. The Morgan fingerprint density at radius 2 is 1.79 bits per heavy atom. The molecule has 2 aromatic carbocycles. The van der Waals surface area contributed by atoms with Crippen LogP contribution >= 0.6 is 0 Å². The molecule has 33 heavy (non-hydrogen) atoms. The Kier molecular flexibility index (Phi) is 5.39. The van der Waals surface area contributed by atoms with Gasteiger partial charge in [-0.2, -0.15) is 5.10 Å². The number of rotatable bonds is 7. The molecule has 0 radical (unpaired) electrons. The molecule has 0 unspecified atom stereocenters. The van der Waals surface area contributed by atoms with Gasteiger partial charge in [-0.1, -0.05) is 24.3 Å². The highest BCUT2D eigenvalue weighted by molar-refractivity contribution is 5.80. The van der Waals surface area contributed by atoms with Crippen LogP contribution in [0.15, 0.2) is 72.2 Å². The Bertz CT molecular complexity index is 1500. The molecule has 166 valence electrons. The predicted molar refractivity (Wildman–Crippen MR) is 120 cm³/mol. The lowest BCUT2D eigenvalue weighted by Gasteiger charge is -2.08. The van der Waals surface area contributed by atoms with Crippen LogP contribution in [0.5, 0.6) is 0 Å². The van der Waals surface area contributed by atoms with Crippen molar-refractivity contribution in [3.05, 3.63) is 89.1 Å². The summed E-state index contributed by atoms with van der Waals surface area (Å²) in [5.41, 5.74) is 2.74. The van der Waals surface area contributed by atoms with Crippen LogP contribution in [-0.4, -0.2) is 41.3 Å². The number of hydrogen-bond acceptors (Lipinski definition) is 5. The van der Waals surface area contributed by atoms with Crippen molar-refractivity contribution in [1.82, 2.24) is 34.2 Å². The molecule has 0 spiro atoms. The number of halogens is 1. The molecule has 9 nitrogen and oxygen atoms in total. The number of amides is 1. The molecule has 0 saturated heterocycles. The van der Waals surface area contributed by atoms with Gasteiger partial charge in [0.05, 0.1) is 36.6 Å². The van der Waals surface area contributed by atoms with Crippen LogP contribution in [0, 0.1) is 5.82 Å². The summed E-state index contributed by atoms with van der Waals surface area (Å²) < 4.78 is 17.9. The van der Waals surface area contributed by atoms with E-state index in [1.165, 1.54) is 29.2 Å². The molecule has 1 N–H and O–H groups in total. The summed E-state index contributed by atoms with van der Waals surface area (Å²) in [6.45, 7) is 1.15. The van der Waals surface area contributed by atoms with Gasteiger partial charge in [0.2, 0.25) is 5.91 Å². The van der Waals surface area contributed by atoms with E-state index in [1.54, 1.807) is 27.7 Å². The first-order valence-corrected chi connectivity index (χ1v) is 10.4. The Balaban J connectivity index is 1.23. The minimum absolute atomic E-state index is 0.149. The van der Waals surface area contributed by atoms with Crippen molar-refractivity contribution >= 4 is 28.0 Å². The number of carbonyl (C=O) groups is 1. The molecular formula is C23H20FN7O2. The number of fused-ring (bicyclic) bond motifs is 2. The Morgan fingerprint density at radius 1 is 1.00 bits per heavy atom. The monoisotopic (exact) mass is 445 g/mol. The molecule has 5 aromatic rings. The second kappa shape index (κ2) is 8.65. The third-order valence-corrected chi connectivity index (χ3v) is 5.38. The smallest absolute Gasteiger partial charge is 0.264 e. The minimum atomic E-state index is -0.327. The summed E-state index contributed by atoms with van der Waals surface area (Å²) >= 11 is 0. The molecular weight excluding hydrogens is 425 g/mol. The molecule has 0 saturated carbocycles. The average molecular weight is 445 g/mol. The Hall–Kier alpha value is -4.34. The molecule has 5 rings (SSSR count). The maximum absolute atomic E-state index is 13.1. The quantitative estimate of drug-likeness (QED) is 0.413. The van der Waals surface area contributed by atoms with Gasteiger partial charge in [0, 0.05) is 6.54 Å². The van der Waals surface area contributed by atoms with Crippen molar-refractivity contribution in [2.45, 2.75) is 19.6 Å². The normalized spacial score (nSPS) is 11.3. The lowest BCUT2D eigenvalue weighted by atomic mass is 10.2. The molecule has 0 aliphatic heterocycles. The standard InChI is InChI=1S/C23H20FN7O2/c24-17-7-5-16(6-8-17)12-30-15-27-22-18(23(30)33)11-28-31(22)10-9-25-21(32)13-29-14-26-19-3-1-2-4-20(19)29/h1-8,11,14-15H,9-10,12-13H2,(H,25,32). The zero-order valence-corrected chi connectivity index (χ0v) is 17.6. The summed E-state index contributed by atoms with van der Waals surface area (Å²) in [4.78, 5) is 33.8. The van der Waals surface area contributed by atoms with Crippen molar-refractivity contribution in [3.63, 3.8) is 0 Å². The van der Waals surface area contributed by atoms with E-state index in [0.717, 1.165) is 16.6 Å². The van der Waals surface area contributed by atoms with Gasteiger partial charge in [0.25, 0.3) is 5.56 Å². The van der Waals surface area contributed by atoms with Gasteiger partial charge in [0.1, 0.15) is 24.1 Å². The SMILES string of the molecule is O=C(Cn1cnc2ccccc21)NCCn1ncc2c(=O)n(Cc3ccc(F)cc3)cnc21. The molecule has 0 aliphatic carbocycles. The third-order valence-electron chi connectivity index (χ3n) is 5.38. The maximum Gasteiger partial charge on any atom is 0.264 e. The van der Waals surface area contributed by atoms with Crippen molar-refractivity contribution in [2.75, 3.05) is 6.54 Å². The summed E-state index contributed by atoms with van der Waals surface area (Å²) in [5, 5.41) is 7.50. The number of para-hydroxylation sites is 2. The first-order valence-electron chi connectivity index (χ1n) is 10.4. The molecule has 10 heteroatoms. The molecule has 0 aliphatic rings. The van der Waals surface area contributed by atoms with E-state index in [9.17, 15) is 14.0 Å². The summed E-state index contributed by atoms with van der Waals surface area (Å²) in [6, 6.07) is 13.6. The van der Waals surface area contributed by atoms with Crippen molar-refractivity contribution in [1.29, 1.82) is 0 Å². The topological polar surface area (TPSA) is 99.6 Å². The van der Waals surface area contributed by atoms with Crippen molar-refractivity contribution < 1.29 is 9.18 Å². The van der Waals surface area contributed by atoms with E-state index in [2.05, 4.69) is 20.4 Å².